The average molecular weight is 349 g/mol. The Morgan fingerprint density at radius 1 is 1.23 bits per heavy atom. The highest BCUT2D eigenvalue weighted by Gasteiger charge is 2.27. The number of fused-ring (bicyclic) bond motifs is 1. The monoisotopic (exact) mass is 349 g/mol. The normalized spacial score (nSPS) is 18.1. The summed E-state index contributed by atoms with van der Waals surface area (Å²) in [7, 11) is 1.62. The van der Waals surface area contributed by atoms with Crippen molar-refractivity contribution < 1.29 is 4.79 Å². The van der Waals surface area contributed by atoms with E-state index in [-0.39, 0.29) is 11.9 Å². The predicted octanol–water partition coefficient (Wildman–Crippen LogP) is 2.82. The lowest BCUT2D eigenvalue weighted by Crippen LogP contribution is -2.34. The van der Waals surface area contributed by atoms with Gasteiger partial charge >= 0.3 is 0 Å². The number of nitrogens with zero attached hydrogens (tertiary/aromatic N) is 4. The molecular formula is C20H23N5O. The quantitative estimate of drug-likeness (QED) is 0.787. The maximum atomic E-state index is 12.1. The van der Waals surface area contributed by atoms with E-state index in [0.29, 0.717) is 11.2 Å². The third-order valence-corrected chi connectivity index (χ3v) is 5.09. The summed E-state index contributed by atoms with van der Waals surface area (Å²) in [6, 6.07) is 12.9. The molecule has 2 aromatic heterocycles. The van der Waals surface area contributed by atoms with Crippen LogP contribution in [0, 0.1) is 0 Å². The molecule has 6 heteroatoms. The molecule has 26 heavy (non-hydrogen) atoms. The number of rotatable bonds is 4. The zero-order chi connectivity index (χ0) is 17.9. The zero-order valence-corrected chi connectivity index (χ0v) is 14.9. The first-order chi connectivity index (χ1) is 12.8. The van der Waals surface area contributed by atoms with Crippen LogP contribution in [-0.2, 0) is 6.54 Å². The van der Waals surface area contributed by atoms with Gasteiger partial charge in [-0.3, -0.25) is 9.69 Å². The molecule has 0 saturated carbocycles. The molecule has 0 spiro atoms. The van der Waals surface area contributed by atoms with Gasteiger partial charge in [-0.05, 0) is 31.0 Å². The molecule has 1 aliphatic heterocycles. The van der Waals surface area contributed by atoms with E-state index in [9.17, 15) is 4.79 Å². The molecule has 6 nitrogen and oxygen atoms in total. The molecule has 1 aliphatic rings. The van der Waals surface area contributed by atoms with Crippen molar-refractivity contribution in [2.24, 2.45) is 0 Å². The Labute approximate surface area is 152 Å². The van der Waals surface area contributed by atoms with Crippen molar-refractivity contribution >= 4 is 11.6 Å². The maximum absolute atomic E-state index is 12.1. The van der Waals surface area contributed by atoms with Crippen LogP contribution in [0.15, 0.2) is 48.8 Å². The van der Waals surface area contributed by atoms with Gasteiger partial charge in [0.05, 0.1) is 17.9 Å². The highest BCUT2D eigenvalue weighted by molar-refractivity contribution is 5.99. The fourth-order valence-corrected chi connectivity index (χ4v) is 3.79. The molecule has 0 aliphatic carbocycles. The van der Waals surface area contributed by atoms with E-state index in [1.54, 1.807) is 19.4 Å². The number of aromatic nitrogens is 3. The Morgan fingerprint density at radius 3 is 2.88 bits per heavy atom. The second-order valence-corrected chi connectivity index (χ2v) is 6.71. The summed E-state index contributed by atoms with van der Waals surface area (Å²) < 4.78 is 1.83. The molecule has 1 N–H and O–H groups in total. The molecule has 1 fully saturated rings. The van der Waals surface area contributed by atoms with Crippen LogP contribution in [0.3, 0.4) is 0 Å². The summed E-state index contributed by atoms with van der Waals surface area (Å²) >= 11 is 0. The molecule has 1 amide bonds. The first kappa shape index (κ1) is 16.7. The predicted molar refractivity (Wildman–Crippen MR) is 99.8 cm³/mol. The minimum Gasteiger partial charge on any atom is -0.355 e. The van der Waals surface area contributed by atoms with Crippen LogP contribution < -0.4 is 5.32 Å². The number of nitrogens with one attached hydrogen (secondary N) is 1. The van der Waals surface area contributed by atoms with Gasteiger partial charge in [0.2, 0.25) is 0 Å². The lowest BCUT2D eigenvalue weighted by atomic mass is 9.98. The molecule has 1 aromatic carbocycles. The van der Waals surface area contributed by atoms with Gasteiger partial charge in [-0.15, -0.1) is 0 Å². The molecule has 1 atom stereocenters. The van der Waals surface area contributed by atoms with Crippen LogP contribution in [0.5, 0.6) is 0 Å². The van der Waals surface area contributed by atoms with Crippen molar-refractivity contribution in [1.82, 2.24) is 24.8 Å². The largest absolute Gasteiger partial charge is 0.355 e. The van der Waals surface area contributed by atoms with Crippen LogP contribution in [0.25, 0.3) is 5.65 Å². The number of carbonyl (C=O) groups excluding carboxylic acids is 1. The summed E-state index contributed by atoms with van der Waals surface area (Å²) in [5.74, 6) is -0.158. The Bertz CT molecular complexity index is 905. The summed E-state index contributed by atoms with van der Waals surface area (Å²) in [5, 5.41) is 7.13. The molecule has 0 unspecified atom stereocenters. The van der Waals surface area contributed by atoms with Crippen LogP contribution in [0.1, 0.15) is 46.9 Å². The Hall–Kier alpha value is -2.73. The van der Waals surface area contributed by atoms with Crippen molar-refractivity contribution in [2.45, 2.75) is 31.8 Å². The first-order valence-electron chi connectivity index (χ1n) is 9.10. The number of likely N-dealkylation sites (tertiary alicyclic amines) is 1. The van der Waals surface area contributed by atoms with E-state index < -0.39 is 0 Å². The smallest absolute Gasteiger partial charge is 0.256 e. The van der Waals surface area contributed by atoms with Gasteiger partial charge in [-0.25, -0.2) is 9.50 Å². The van der Waals surface area contributed by atoms with Crippen LogP contribution in [-0.4, -0.2) is 39.0 Å². The second kappa shape index (κ2) is 7.25. The number of piperidine rings is 1. The van der Waals surface area contributed by atoms with Gasteiger partial charge < -0.3 is 5.32 Å². The SMILES string of the molecule is CNC(=O)c1cnn2c([C@H]3CCCCN3Cc3ccccc3)ccnc12. The van der Waals surface area contributed by atoms with Crippen molar-refractivity contribution in [3.05, 3.63) is 65.6 Å². The average Bonchev–Trinajstić information content (AvgIpc) is 3.13. The number of carbonyl (C=O) groups is 1. The van der Waals surface area contributed by atoms with Gasteiger partial charge in [-0.1, -0.05) is 36.8 Å². The van der Waals surface area contributed by atoms with E-state index in [4.69, 9.17) is 0 Å². The third kappa shape index (κ3) is 3.08. The molecule has 134 valence electrons. The Morgan fingerprint density at radius 2 is 2.08 bits per heavy atom. The van der Waals surface area contributed by atoms with Crippen LogP contribution >= 0.6 is 0 Å². The lowest BCUT2D eigenvalue weighted by Gasteiger charge is -2.36. The van der Waals surface area contributed by atoms with Crippen LogP contribution in [0.4, 0.5) is 0 Å². The molecule has 3 heterocycles. The Balaban J connectivity index is 1.70. The standard InChI is InChI=1S/C20H23N5O/c1-21-20(26)16-13-23-25-18(10-11-22-19(16)25)17-9-5-6-12-24(17)14-15-7-3-2-4-8-15/h2-4,7-8,10-11,13,17H,5-6,9,12,14H2,1H3,(H,21,26)/t17-/m1/s1. The van der Waals surface area contributed by atoms with Gasteiger partial charge in [0.25, 0.3) is 5.91 Å². The summed E-state index contributed by atoms with van der Waals surface area (Å²) in [5.41, 5.74) is 3.55. The molecule has 0 radical (unpaired) electrons. The highest BCUT2D eigenvalue weighted by Crippen LogP contribution is 2.32. The van der Waals surface area contributed by atoms with E-state index in [2.05, 4.69) is 44.6 Å². The molecule has 1 saturated heterocycles. The second-order valence-electron chi connectivity index (χ2n) is 6.71. The van der Waals surface area contributed by atoms with E-state index >= 15 is 0 Å². The van der Waals surface area contributed by atoms with Gasteiger partial charge in [0, 0.05) is 19.8 Å². The summed E-state index contributed by atoms with van der Waals surface area (Å²) in [6.45, 7) is 1.98. The number of hydrogen-bond donors (Lipinski definition) is 1. The maximum Gasteiger partial charge on any atom is 0.256 e. The number of benzene rings is 1. The zero-order valence-electron chi connectivity index (χ0n) is 14.9. The summed E-state index contributed by atoms with van der Waals surface area (Å²) in [6.07, 6.45) is 6.88. The number of amides is 1. The highest BCUT2D eigenvalue weighted by atomic mass is 16.1. The first-order valence-corrected chi connectivity index (χ1v) is 9.10. The minimum absolute atomic E-state index is 0.158. The van der Waals surface area contributed by atoms with Crippen LogP contribution in [0.2, 0.25) is 0 Å². The van der Waals surface area contributed by atoms with Crippen molar-refractivity contribution in [3.63, 3.8) is 0 Å². The third-order valence-electron chi connectivity index (χ3n) is 5.09. The molecule has 4 rings (SSSR count). The van der Waals surface area contributed by atoms with Gasteiger partial charge in [0.1, 0.15) is 5.56 Å². The topological polar surface area (TPSA) is 62.5 Å². The van der Waals surface area contributed by atoms with E-state index in [1.165, 1.54) is 18.4 Å². The minimum atomic E-state index is -0.158. The van der Waals surface area contributed by atoms with E-state index in [0.717, 1.165) is 25.2 Å². The molecule has 0 bridgehead atoms. The van der Waals surface area contributed by atoms with Crippen molar-refractivity contribution in [3.8, 4) is 0 Å². The summed E-state index contributed by atoms with van der Waals surface area (Å²) in [4.78, 5) is 19.0. The van der Waals surface area contributed by atoms with Crippen molar-refractivity contribution in [2.75, 3.05) is 13.6 Å². The number of hydrogen-bond acceptors (Lipinski definition) is 4. The van der Waals surface area contributed by atoms with Gasteiger partial charge in [0.15, 0.2) is 5.65 Å². The van der Waals surface area contributed by atoms with Gasteiger partial charge in [-0.2, -0.15) is 5.10 Å². The molecule has 3 aromatic rings. The molecular weight excluding hydrogens is 326 g/mol. The Kier molecular flexibility index (Phi) is 4.67. The fraction of sp³-hybridized carbons (Fsp3) is 0.350. The lowest BCUT2D eigenvalue weighted by molar-refractivity contribution is 0.0964. The van der Waals surface area contributed by atoms with E-state index in [1.807, 2.05) is 16.6 Å². The fourth-order valence-electron chi connectivity index (χ4n) is 3.79. The van der Waals surface area contributed by atoms with Crippen molar-refractivity contribution in [1.29, 1.82) is 0 Å².